The van der Waals surface area contributed by atoms with Crippen LogP contribution >= 0.6 is 0 Å². The van der Waals surface area contributed by atoms with E-state index in [-0.39, 0.29) is 0 Å². The van der Waals surface area contributed by atoms with E-state index >= 15 is 0 Å². The van der Waals surface area contributed by atoms with Gasteiger partial charge in [0.1, 0.15) is 5.76 Å². The minimum absolute atomic E-state index is 0.932. The highest BCUT2D eigenvalue weighted by molar-refractivity contribution is 5.72. The van der Waals surface area contributed by atoms with Crippen molar-refractivity contribution in [3.05, 3.63) is 40.8 Å². The molecule has 1 aromatic carbocycles. The van der Waals surface area contributed by atoms with Gasteiger partial charge in [-0.1, -0.05) is 23.4 Å². The predicted octanol–water partition coefficient (Wildman–Crippen LogP) is 3.84. The standard InChI is InChI=1S/C15H17NO/c1-10-15(11(2)17-16-10)14-9-5-7-12-6-3-4-8-13(12)14/h5,7,9H,3-4,6,8H2,1-2H3. The van der Waals surface area contributed by atoms with Crippen molar-refractivity contribution in [2.24, 2.45) is 0 Å². The summed E-state index contributed by atoms with van der Waals surface area (Å²) in [5, 5.41) is 4.07. The number of hydrogen-bond acceptors (Lipinski definition) is 2. The molecule has 0 saturated carbocycles. The van der Waals surface area contributed by atoms with Crippen LogP contribution in [-0.2, 0) is 12.8 Å². The lowest BCUT2D eigenvalue weighted by Gasteiger charge is -2.19. The van der Waals surface area contributed by atoms with E-state index in [0.717, 1.165) is 11.5 Å². The lowest BCUT2D eigenvalue weighted by Crippen LogP contribution is -2.04. The molecule has 0 radical (unpaired) electrons. The fraction of sp³-hybridized carbons (Fsp3) is 0.400. The SMILES string of the molecule is Cc1noc(C)c1-c1cccc2c1CCCC2. The lowest BCUT2D eigenvalue weighted by atomic mass is 9.85. The van der Waals surface area contributed by atoms with Gasteiger partial charge >= 0.3 is 0 Å². The molecule has 88 valence electrons. The van der Waals surface area contributed by atoms with Gasteiger partial charge in [0.25, 0.3) is 0 Å². The van der Waals surface area contributed by atoms with Crippen LogP contribution in [0.2, 0.25) is 0 Å². The Morgan fingerprint density at radius 3 is 2.71 bits per heavy atom. The smallest absolute Gasteiger partial charge is 0.141 e. The van der Waals surface area contributed by atoms with Crippen LogP contribution in [0.3, 0.4) is 0 Å². The first-order chi connectivity index (χ1) is 8.27. The van der Waals surface area contributed by atoms with Gasteiger partial charge in [0, 0.05) is 5.56 Å². The summed E-state index contributed by atoms with van der Waals surface area (Å²) < 4.78 is 5.29. The summed E-state index contributed by atoms with van der Waals surface area (Å²) in [6, 6.07) is 6.62. The first-order valence-electron chi connectivity index (χ1n) is 6.31. The number of aryl methyl sites for hydroxylation is 3. The Labute approximate surface area is 102 Å². The summed E-state index contributed by atoms with van der Waals surface area (Å²) in [7, 11) is 0. The molecule has 0 atom stereocenters. The Kier molecular flexibility index (Phi) is 2.50. The zero-order valence-corrected chi connectivity index (χ0v) is 10.4. The summed E-state index contributed by atoms with van der Waals surface area (Å²) >= 11 is 0. The van der Waals surface area contributed by atoms with Crippen molar-refractivity contribution in [3.63, 3.8) is 0 Å². The molecular formula is C15H17NO. The Morgan fingerprint density at radius 2 is 1.94 bits per heavy atom. The van der Waals surface area contributed by atoms with Gasteiger partial charge < -0.3 is 4.52 Å². The summed E-state index contributed by atoms with van der Waals surface area (Å²) in [6.45, 7) is 4.02. The van der Waals surface area contributed by atoms with Crippen molar-refractivity contribution >= 4 is 0 Å². The van der Waals surface area contributed by atoms with Gasteiger partial charge in [0.05, 0.1) is 5.69 Å². The first-order valence-corrected chi connectivity index (χ1v) is 6.31. The Balaban J connectivity index is 2.21. The number of hydrogen-bond donors (Lipinski definition) is 0. The molecule has 1 aliphatic carbocycles. The molecule has 0 bridgehead atoms. The van der Waals surface area contributed by atoms with Gasteiger partial charge in [-0.15, -0.1) is 0 Å². The zero-order chi connectivity index (χ0) is 11.8. The average molecular weight is 227 g/mol. The average Bonchev–Trinajstić information content (AvgIpc) is 2.69. The van der Waals surface area contributed by atoms with E-state index in [1.165, 1.54) is 47.9 Å². The van der Waals surface area contributed by atoms with Crippen LogP contribution in [0, 0.1) is 13.8 Å². The van der Waals surface area contributed by atoms with E-state index in [1.807, 2.05) is 13.8 Å². The summed E-state index contributed by atoms with van der Waals surface area (Å²) in [5.41, 5.74) is 6.55. The third-order valence-corrected chi connectivity index (χ3v) is 3.70. The second-order valence-corrected chi connectivity index (χ2v) is 4.85. The summed E-state index contributed by atoms with van der Waals surface area (Å²) in [4.78, 5) is 0. The second-order valence-electron chi connectivity index (χ2n) is 4.85. The first kappa shape index (κ1) is 10.6. The largest absolute Gasteiger partial charge is 0.361 e. The minimum Gasteiger partial charge on any atom is -0.361 e. The van der Waals surface area contributed by atoms with E-state index < -0.39 is 0 Å². The fourth-order valence-electron chi connectivity index (χ4n) is 2.88. The Hall–Kier alpha value is -1.57. The molecule has 0 saturated heterocycles. The van der Waals surface area contributed by atoms with Gasteiger partial charge in [-0.2, -0.15) is 0 Å². The van der Waals surface area contributed by atoms with Crippen LogP contribution in [0.25, 0.3) is 11.1 Å². The molecule has 0 fully saturated rings. The van der Waals surface area contributed by atoms with Crippen molar-refractivity contribution in [3.8, 4) is 11.1 Å². The van der Waals surface area contributed by atoms with Crippen LogP contribution in [0.1, 0.15) is 35.4 Å². The maximum Gasteiger partial charge on any atom is 0.141 e. The van der Waals surface area contributed by atoms with Crippen molar-refractivity contribution in [2.75, 3.05) is 0 Å². The number of rotatable bonds is 1. The lowest BCUT2D eigenvalue weighted by molar-refractivity contribution is 0.393. The molecule has 1 heterocycles. The zero-order valence-electron chi connectivity index (χ0n) is 10.4. The van der Waals surface area contributed by atoms with E-state index in [1.54, 1.807) is 0 Å². The van der Waals surface area contributed by atoms with Crippen LogP contribution < -0.4 is 0 Å². The molecule has 2 aromatic rings. The molecule has 1 aliphatic rings. The minimum atomic E-state index is 0.932. The molecular weight excluding hydrogens is 210 g/mol. The van der Waals surface area contributed by atoms with Crippen LogP contribution in [0.5, 0.6) is 0 Å². The van der Waals surface area contributed by atoms with Gasteiger partial charge in [-0.3, -0.25) is 0 Å². The highest BCUT2D eigenvalue weighted by atomic mass is 16.5. The number of nitrogens with zero attached hydrogens (tertiary/aromatic N) is 1. The van der Waals surface area contributed by atoms with Gasteiger partial charge in [-0.25, -0.2) is 0 Å². The predicted molar refractivity (Wildman–Crippen MR) is 68.1 cm³/mol. The summed E-state index contributed by atoms with van der Waals surface area (Å²) in [5.74, 6) is 0.932. The van der Waals surface area contributed by atoms with Crippen molar-refractivity contribution in [2.45, 2.75) is 39.5 Å². The molecule has 2 heteroatoms. The molecule has 0 N–H and O–H groups in total. The third-order valence-electron chi connectivity index (χ3n) is 3.70. The molecule has 0 unspecified atom stereocenters. The van der Waals surface area contributed by atoms with Crippen molar-refractivity contribution in [1.29, 1.82) is 0 Å². The van der Waals surface area contributed by atoms with E-state index in [0.29, 0.717) is 0 Å². The van der Waals surface area contributed by atoms with E-state index in [4.69, 9.17) is 4.52 Å². The van der Waals surface area contributed by atoms with E-state index in [9.17, 15) is 0 Å². The number of benzene rings is 1. The van der Waals surface area contributed by atoms with Gasteiger partial charge in [0.15, 0.2) is 0 Å². The Bertz CT molecular complexity index is 535. The highest BCUT2D eigenvalue weighted by Gasteiger charge is 2.18. The molecule has 2 nitrogen and oxygen atoms in total. The van der Waals surface area contributed by atoms with Crippen molar-refractivity contribution < 1.29 is 4.52 Å². The topological polar surface area (TPSA) is 26.0 Å². The summed E-state index contributed by atoms with van der Waals surface area (Å²) in [6.07, 6.45) is 5.02. The molecule has 3 rings (SSSR count). The van der Waals surface area contributed by atoms with Gasteiger partial charge in [-0.05, 0) is 56.2 Å². The maximum atomic E-state index is 5.29. The Morgan fingerprint density at radius 1 is 1.12 bits per heavy atom. The molecule has 0 spiro atoms. The molecule has 0 aliphatic heterocycles. The van der Waals surface area contributed by atoms with Crippen LogP contribution in [0.15, 0.2) is 22.7 Å². The van der Waals surface area contributed by atoms with Crippen LogP contribution in [0.4, 0.5) is 0 Å². The quantitative estimate of drug-likeness (QED) is 0.739. The maximum absolute atomic E-state index is 5.29. The van der Waals surface area contributed by atoms with Crippen molar-refractivity contribution in [1.82, 2.24) is 5.16 Å². The van der Waals surface area contributed by atoms with Gasteiger partial charge in [0.2, 0.25) is 0 Å². The fourth-order valence-corrected chi connectivity index (χ4v) is 2.88. The third kappa shape index (κ3) is 1.68. The molecule has 17 heavy (non-hydrogen) atoms. The normalized spacial score (nSPS) is 14.7. The number of fused-ring (bicyclic) bond motifs is 1. The number of aromatic nitrogens is 1. The van der Waals surface area contributed by atoms with E-state index in [2.05, 4.69) is 23.4 Å². The molecule has 1 aromatic heterocycles. The van der Waals surface area contributed by atoms with Crippen LogP contribution in [-0.4, -0.2) is 5.16 Å². The second kappa shape index (κ2) is 4.02. The molecule has 0 amide bonds. The monoisotopic (exact) mass is 227 g/mol. The highest BCUT2D eigenvalue weighted by Crippen LogP contribution is 2.34.